The molecule has 0 unspecified atom stereocenters. The lowest BCUT2D eigenvalue weighted by Gasteiger charge is -1.97. The number of rotatable bonds is 2. The summed E-state index contributed by atoms with van der Waals surface area (Å²) in [7, 11) is -5.84. The second kappa shape index (κ2) is 6.14. The van der Waals surface area contributed by atoms with Gasteiger partial charge in [0, 0.05) is 0 Å². The van der Waals surface area contributed by atoms with Crippen molar-refractivity contribution in [3.63, 3.8) is 0 Å². The van der Waals surface area contributed by atoms with Gasteiger partial charge in [0.25, 0.3) is 0 Å². The van der Waals surface area contributed by atoms with Crippen LogP contribution in [0.3, 0.4) is 0 Å². The van der Waals surface area contributed by atoms with E-state index in [-0.39, 0.29) is 13.2 Å². The molecule has 0 heterocycles. The summed E-state index contributed by atoms with van der Waals surface area (Å²) >= 11 is 0. The molecule has 0 atom stereocenters. The van der Waals surface area contributed by atoms with Crippen molar-refractivity contribution in [1.29, 1.82) is 0 Å². The van der Waals surface area contributed by atoms with Crippen LogP contribution < -0.4 is 0 Å². The molecule has 14 heavy (non-hydrogen) atoms. The van der Waals surface area contributed by atoms with Gasteiger partial charge in [-0.25, -0.2) is 0 Å². The largest absolute Gasteiger partial charge is 0.522 e. The van der Waals surface area contributed by atoms with Crippen molar-refractivity contribution in [2.24, 2.45) is 0 Å². The van der Waals surface area contributed by atoms with Crippen LogP contribution in [0.25, 0.3) is 0 Å². The molecule has 0 spiro atoms. The minimum atomic E-state index is -5.84. The fourth-order valence-corrected chi connectivity index (χ4v) is 0.0577. The van der Waals surface area contributed by atoms with Crippen molar-refractivity contribution in [2.75, 3.05) is 13.2 Å². The summed E-state index contributed by atoms with van der Waals surface area (Å²) in [4.78, 5) is 0. The first kappa shape index (κ1) is 16.0. The Morgan fingerprint density at radius 3 is 1.36 bits per heavy atom. The summed E-state index contributed by atoms with van der Waals surface area (Å²) in [5.41, 5.74) is -5.53. The van der Waals surface area contributed by atoms with E-state index in [1.807, 2.05) is 0 Å². The number of hydrogen-bond acceptors (Lipinski definition) is 5. The first-order valence-electron chi connectivity index (χ1n) is 2.99. The zero-order chi connectivity index (χ0) is 12.0. The second-order valence-corrected chi connectivity index (χ2v) is 3.35. The Morgan fingerprint density at radius 1 is 1.14 bits per heavy atom. The summed E-state index contributed by atoms with van der Waals surface area (Å²) in [6.45, 7) is -0.729. The van der Waals surface area contributed by atoms with E-state index in [0.717, 1.165) is 0 Å². The predicted octanol–water partition coefficient (Wildman–Crippen LogP) is -1.27. The molecule has 0 aromatic rings. The highest BCUT2D eigenvalue weighted by atomic mass is 32.2. The first-order chi connectivity index (χ1) is 6.06. The number of aliphatic hydroxyl groups excluding tert-OH is 3. The summed E-state index contributed by atoms with van der Waals surface area (Å²) in [6, 6.07) is 0. The third-order valence-corrected chi connectivity index (χ3v) is 1.30. The van der Waals surface area contributed by atoms with Gasteiger partial charge in [-0.1, -0.05) is 0 Å². The number of alkyl halides is 3. The Hall–Kier alpha value is -0.420. The number of halogens is 3. The van der Waals surface area contributed by atoms with Crippen molar-refractivity contribution in [1.82, 2.24) is 0 Å². The highest BCUT2D eigenvalue weighted by Gasteiger charge is 2.44. The van der Waals surface area contributed by atoms with Gasteiger partial charge in [-0.3, -0.25) is 4.55 Å². The maximum atomic E-state index is 10.7. The average Bonchev–Trinajstić information content (AvgIpc) is 2.00. The molecule has 0 rings (SSSR count). The molecule has 88 valence electrons. The highest BCUT2D eigenvalue weighted by Crippen LogP contribution is 2.20. The van der Waals surface area contributed by atoms with Crippen LogP contribution in [-0.2, 0) is 10.1 Å². The van der Waals surface area contributed by atoms with Crippen molar-refractivity contribution in [3.05, 3.63) is 0 Å². The quantitative estimate of drug-likeness (QED) is 0.354. The van der Waals surface area contributed by atoms with Crippen LogP contribution in [0.4, 0.5) is 13.2 Å². The van der Waals surface area contributed by atoms with E-state index in [0.29, 0.717) is 0 Å². The summed E-state index contributed by atoms with van der Waals surface area (Å²) < 4.78 is 57.5. The number of aliphatic hydroxyl groups is 3. The molecule has 4 N–H and O–H groups in total. The zero-order valence-corrected chi connectivity index (χ0v) is 7.46. The van der Waals surface area contributed by atoms with E-state index in [4.69, 9.17) is 28.3 Å². The SMILES string of the molecule is O=S(=O)(O)C(F)(F)F.OCC(O)CO. The van der Waals surface area contributed by atoms with Crippen molar-refractivity contribution in [2.45, 2.75) is 11.6 Å². The molecule has 6 nitrogen and oxygen atoms in total. The van der Waals surface area contributed by atoms with Gasteiger partial charge in [0.1, 0.15) is 6.10 Å². The Morgan fingerprint density at radius 2 is 1.36 bits per heavy atom. The minimum absolute atomic E-state index is 0.365. The molecule has 0 aromatic heterocycles. The molecule has 0 bridgehead atoms. The third kappa shape index (κ3) is 8.19. The first-order valence-corrected chi connectivity index (χ1v) is 4.43. The van der Waals surface area contributed by atoms with Crippen LogP contribution in [0.1, 0.15) is 0 Å². The molecule has 0 amide bonds. The summed E-state index contributed by atoms with van der Waals surface area (Å²) in [5.74, 6) is 0. The second-order valence-electron chi connectivity index (χ2n) is 1.94. The fourth-order valence-electron chi connectivity index (χ4n) is 0.0577. The number of hydrogen-bond donors (Lipinski definition) is 4. The lowest BCUT2D eigenvalue weighted by Crippen LogP contribution is -2.21. The van der Waals surface area contributed by atoms with Crippen LogP contribution in [0.15, 0.2) is 0 Å². The van der Waals surface area contributed by atoms with Gasteiger partial charge < -0.3 is 15.3 Å². The Kier molecular flexibility index (Phi) is 7.02. The summed E-state index contributed by atoms with van der Waals surface area (Å²) in [5, 5.41) is 24.0. The standard InChI is InChI=1S/C3H8O3.CHF3O3S/c4-1-3(6)2-5;2-1(3,4)8(5,6)7/h3-6H,1-2H2;(H,5,6,7). The van der Waals surface area contributed by atoms with E-state index in [1.54, 1.807) is 0 Å². The molecule has 0 saturated carbocycles. The maximum absolute atomic E-state index is 10.7. The molecule has 0 fully saturated rings. The van der Waals surface area contributed by atoms with Gasteiger partial charge in [0.05, 0.1) is 13.2 Å². The van der Waals surface area contributed by atoms with Gasteiger partial charge in [-0.2, -0.15) is 21.6 Å². The van der Waals surface area contributed by atoms with Crippen molar-refractivity contribution < 1.29 is 41.5 Å². The van der Waals surface area contributed by atoms with E-state index in [9.17, 15) is 13.2 Å². The monoisotopic (exact) mass is 242 g/mol. The van der Waals surface area contributed by atoms with Gasteiger partial charge >= 0.3 is 15.6 Å². The minimum Gasteiger partial charge on any atom is -0.394 e. The average molecular weight is 242 g/mol. The maximum Gasteiger partial charge on any atom is 0.522 e. The van der Waals surface area contributed by atoms with Crippen molar-refractivity contribution in [3.8, 4) is 0 Å². The van der Waals surface area contributed by atoms with Gasteiger partial charge in [-0.15, -0.1) is 0 Å². The topological polar surface area (TPSA) is 115 Å². The molecule has 0 aliphatic heterocycles. The van der Waals surface area contributed by atoms with E-state index < -0.39 is 21.7 Å². The highest BCUT2D eigenvalue weighted by molar-refractivity contribution is 7.86. The predicted molar refractivity (Wildman–Crippen MR) is 37.8 cm³/mol. The Labute approximate surface area is 77.3 Å². The van der Waals surface area contributed by atoms with Crippen LogP contribution in [0.2, 0.25) is 0 Å². The molecule has 0 aromatic carbocycles. The molecule has 0 aliphatic carbocycles. The van der Waals surface area contributed by atoms with Gasteiger partial charge in [0.2, 0.25) is 0 Å². The Balaban J connectivity index is 0. The molecule has 0 saturated heterocycles. The van der Waals surface area contributed by atoms with E-state index in [1.165, 1.54) is 0 Å². The molecule has 0 radical (unpaired) electrons. The van der Waals surface area contributed by atoms with Crippen LogP contribution in [0.5, 0.6) is 0 Å². The van der Waals surface area contributed by atoms with Gasteiger partial charge in [-0.05, 0) is 0 Å². The van der Waals surface area contributed by atoms with Crippen LogP contribution in [0, 0.1) is 0 Å². The smallest absolute Gasteiger partial charge is 0.394 e. The fraction of sp³-hybridized carbons (Fsp3) is 1.00. The Bertz CT molecular complexity index is 230. The van der Waals surface area contributed by atoms with Crippen molar-refractivity contribution >= 4 is 10.1 Å². The third-order valence-electron chi connectivity index (χ3n) is 0.714. The van der Waals surface area contributed by atoms with E-state index >= 15 is 0 Å². The normalized spacial score (nSPS) is 12.3. The molecule has 0 aliphatic rings. The lowest BCUT2D eigenvalue weighted by molar-refractivity contribution is -0.0510. The lowest BCUT2D eigenvalue weighted by atomic mass is 10.4. The molecule has 10 heteroatoms. The van der Waals surface area contributed by atoms with Gasteiger partial charge in [0.15, 0.2) is 0 Å². The molecular formula is C4H9F3O6S. The summed E-state index contributed by atoms with van der Waals surface area (Å²) in [6.07, 6.45) is -0.954. The zero-order valence-electron chi connectivity index (χ0n) is 6.64. The van der Waals surface area contributed by atoms with E-state index in [2.05, 4.69) is 0 Å². The van der Waals surface area contributed by atoms with Crippen LogP contribution in [-0.4, -0.2) is 53.1 Å². The molecular weight excluding hydrogens is 233 g/mol. The van der Waals surface area contributed by atoms with Crippen LogP contribution >= 0.6 is 0 Å².